The maximum Gasteiger partial charge on any atom is 0.220 e. The molecule has 5 heteroatoms. The van der Waals surface area contributed by atoms with E-state index in [1.54, 1.807) is 0 Å². The van der Waals surface area contributed by atoms with Crippen molar-refractivity contribution < 1.29 is 4.79 Å². The number of nitrogens with zero attached hydrogens (tertiary/aromatic N) is 1. The second-order valence-electron chi connectivity index (χ2n) is 5.68. The Morgan fingerprint density at radius 3 is 2.77 bits per heavy atom. The summed E-state index contributed by atoms with van der Waals surface area (Å²) in [5.74, 6) is 0.968. The summed E-state index contributed by atoms with van der Waals surface area (Å²) in [4.78, 5) is 15.8. The topological polar surface area (TPSA) is 65.5 Å². The molecule has 1 aliphatic rings. The zero-order valence-corrected chi connectivity index (χ0v) is 13.5. The summed E-state index contributed by atoms with van der Waals surface area (Å²) in [6, 6.07) is 8.83. The second-order valence-corrected chi connectivity index (χ2v) is 5.68. The van der Waals surface area contributed by atoms with Crippen molar-refractivity contribution in [2.75, 3.05) is 19.6 Å². The van der Waals surface area contributed by atoms with E-state index in [9.17, 15) is 4.79 Å². The van der Waals surface area contributed by atoms with Gasteiger partial charge in [0.05, 0.1) is 0 Å². The highest BCUT2D eigenvalue weighted by molar-refractivity contribution is 5.81. The van der Waals surface area contributed by atoms with Gasteiger partial charge in [0.1, 0.15) is 0 Å². The number of carbonyl (C=O) groups excluding carboxylic acids is 1. The van der Waals surface area contributed by atoms with Gasteiger partial charge in [-0.05, 0) is 32.3 Å². The molecule has 1 saturated heterocycles. The van der Waals surface area contributed by atoms with E-state index in [4.69, 9.17) is 0 Å². The molecule has 0 spiro atoms. The van der Waals surface area contributed by atoms with Crippen molar-refractivity contribution in [2.45, 2.75) is 39.2 Å². The highest BCUT2D eigenvalue weighted by Gasteiger charge is 2.18. The summed E-state index contributed by atoms with van der Waals surface area (Å²) in [7, 11) is 0. The normalized spacial score (nSPS) is 18.7. The molecule has 1 unspecified atom stereocenters. The summed E-state index contributed by atoms with van der Waals surface area (Å²) in [6.45, 7) is 6.39. The molecule has 1 fully saturated rings. The van der Waals surface area contributed by atoms with E-state index in [2.05, 4.69) is 59.1 Å². The largest absolute Gasteiger partial charge is 0.357 e. The van der Waals surface area contributed by atoms with Gasteiger partial charge < -0.3 is 16.0 Å². The SMILES string of the molecule is CCNC(=NCCc1ccc(C)cc1)NC1CCC(=O)NC1. The number of nitrogens with one attached hydrogen (secondary N) is 3. The molecule has 2 rings (SSSR count). The first-order valence-corrected chi connectivity index (χ1v) is 8.04. The number of amides is 1. The number of carbonyl (C=O) groups is 1. The molecule has 5 nitrogen and oxygen atoms in total. The Bertz CT molecular complexity index is 500. The van der Waals surface area contributed by atoms with Crippen molar-refractivity contribution >= 4 is 11.9 Å². The van der Waals surface area contributed by atoms with Crippen LogP contribution in [0.1, 0.15) is 30.9 Å². The average Bonchev–Trinajstić information content (AvgIpc) is 2.52. The number of hydrogen-bond donors (Lipinski definition) is 3. The lowest BCUT2D eigenvalue weighted by Crippen LogP contribution is -2.51. The maximum absolute atomic E-state index is 11.2. The first-order chi connectivity index (χ1) is 10.7. The zero-order valence-electron chi connectivity index (χ0n) is 13.5. The van der Waals surface area contributed by atoms with Gasteiger partial charge in [-0.1, -0.05) is 29.8 Å². The molecule has 22 heavy (non-hydrogen) atoms. The van der Waals surface area contributed by atoms with E-state index < -0.39 is 0 Å². The summed E-state index contributed by atoms with van der Waals surface area (Å²) in [5.41, 5.74) is 2.58. The Kier molecular flexibility index (Phi) is 6.25. The van der Waals surface area contributed by atoms with E-state index in [0.717, 1.165) is 31.9 Å². The number of rotatable bonds is 5. The van der Waals surface area contributed by atoms with Gasteiger partial charge in [-0.15, -0.1) is 0 Å². The summed E-state index contributed by atoms with van der Waals surface area (Å²) >= 11 is 0. The van der Waals surface area contributed by atoms with E-state index in [1.165, 1.54) is 11.1 Å². The van der Waals surface area contributed by atoms with Gasteiger partial charge in [0, 0.05) is 32.1 Å². The zero-order chi connectivity index (χ0) is 15.8. The molecule has 0 bridgehead atoms. The van der Waals surface area contributed by atoms with Crippen molar-refractivity contribution in [3.05, 3.63) is 35.4 Å². The van der Waals surface area contributed by atoms with Crippen LogP contribution in [-0.2, 0) is 11.2 Å². The number of hydrogen-bond acceptors (Lipinski definition) is 2. The number of piperidine rings is 1. The Morgan fingerprint density at radius 2 is 2.14 bits per heavy atom. The van der Waals surface area contributed by atoms with Gasteiger partial charge in [0.15, 0.2) is 5.96 Å². The molecule has 0 radical (unpaired) electrons. The van der Waals surface area contributed by atoms with E-state index >= 15 is 0 Å². The second kappa shape index (κ2) is 8.41. The lowest BCUT2D eigenvalue weighted by molar-refractivity contribution is -0.122. The average molecular weight is 302 g/mol. The van der Waals surface area contributed by atoms with Gasteiger partial charge in [-0.2, -0.15) is 0 Å². The minimum Gasteiger partial charge on any atom is -0.357 e. The molecule has 1 atom stereocenters. The van der Waals surface area contributed by atoms with Crippen LogP contribution in [0, 0.1) is 6.92 Å². The van der Waals surface area contributed by atoms with Crippen LogP contribution >= 0.6 is 0 Å². The van der Waals surface area contributed by atoms with Gasteiger partial charge in [-0.3, -0.25) is 9.79 Å². The molecule has 3 N–H and O–H groups in total. The Labute approximate surface area is 132 Å². The van der Waals surface area contributed by atoms with E-state index in [1.807, 2.05) is 0 Å². The van der Waals surface area contributed by atoms with Gasteiger partial charge >= 0.3 is 0 Å². The molecular formula is C17H26N4O. The molecule has 120 valence electrons. The van der Waals surface area contributed by atoms with Crippen LogP contribution in [-0.4, -0.2) is 37.5 Å². The van der Waals surface area contributed by atoms with Crippen LogP contribution in [0.3, 0.4) is 0 Å². The molecule has 0 saturated carbocycles. The van der Waals surface area contributed by atoms with Gasteiger partial charge in [0.25, 0.3) is 0 Å². The van der Waals surface area contributed by atoms with E-state index in [0.29, 0.717) is 13.0 Å². The van der Waals surface area contributed by atoms with Crippen molar-refractivity contribution in [2.24, 2.45) is 4.99 Å². The van der Waals surface area contributed by atoms with Crippen LogP contribution in [0.15, 0.2) is 29.3 Å². The number of guanidine groups is 1. The van der Waals surface area contributed by atoms with Crippen LogP contribution < -0.4 is 16.0 Å². The number of aryl methyl sites for hydroxylation is 1. The Balaban J connectivity index is 1.83. The fourth-order valence-electron chi connectivity index (χ4n) is 2.42. The fraction of sp³-hybridized carbons (Fsp3) is 0.529. The maximum atomic E-state index is 11.2. The quantitative estimate of drug-likeness (QED) is 0.568. The predicted molar refractivity (Wildman–Crippen MR) is 90.0 cm³/mol. The summed E-state index contributed by atoms with van der Waals surface area (Å²) < 4.78 is 0. The molecule has 1 heterocycles. The van der Waals surface area contributed by atoms with Crippen LogP contribution in [0.5, 0.6) is 0 Å². The molecule has 1 aromatic carbocycles. The van der Waals surface area contributed by atoms with Crippen molar-refractivity contribution in [3.8, 4) is 0 Å². The Hall–Kier alpha value is -2.04. The predicted octanol–water partition coefficient (Wildman–Crippen LogP) is 1.37. The highest BCUT2D eigenvalue weighted by atomic mass is 16.1. The first-order valence-electron chi connectivity index (χ1n) is 8.04. The lowest BCUT2D eigenvalue weighted by Gasteiger charge is -2.25. The summed E-state index contributed by atoms with van der Waals surface area (Å²) in [6.07, 6.45) is 2.37. The van der Waals surface area contributed by atoms with Crippen LogP contribution in [0.4, 0.5) is 0 Å². The molecule has 0 aromatic heterocycles. The Morgan fingerprint density at radius 1 is 1.36 bits per heavy atom. The van der Waals surface area contributed by atoms with Crippen LogP contribution in [0.25, 0.3) is 0 Å². The third-order valence-corrected chi connectivity index (χ3v) is 3.74. The molecule has 1 aliphatic heterocycles. The first kappa shape index (κ1) is 16.3. The highest BCUT2D eigenvalue weighted by Crippen LogP contribution is 2.04. The number of aliphatic imine (C=N–C) groups is 1. The molecular weight excluding hydrogens is 276 g/mol. The fourth-order valence-corrected chi connectivity index (χ4v) is 2.42. The van der Waals surface area contributed by atoms with Crippen molar-refractivity contribution in [1.29, 1.82) is 0 Å². The molecule has 1 aromatic rings. The third-order valence-electron chi connectivity index (χ3n) is 3.74. The van der Waals surface area contributed by atoms with E-state index in [-0.39, 0.29) is 11.9 Å². The van der Waals surface area contributed by atoms with Crippen molar-refractivity contribution in [3.63, 3.8) is 0 Å². The molecule has 1 amide bonds. The summed E-state index contributed by atoms with van der Waals surface area (Å²) in [5, 5.41) is 9.54. The number of benzene rings is 1. The van der Waals surface area contributed by atoms with Gasteiger partial charge in [0.2, 0.25) is 5.91 Å². The molecule has 0 aliphatic carbocycles. The lowest BCUT2D eigenvalue weighted by atomic mass is 10.1. The van der Waals surface area contributed by atoms with Gasteiger partial charge in [-0.25, -0.2) is 0 Å². The minimum absolute atomic E-state index is 0.138. The third kappa shape index (κ3) is 5.39. The standard InChI is InChI=1S/C17H26N4O/c1-3-18-17(21-15-8-9-16(22)20-12-15)19-11-10-14-6-4-13(2)5-7-14/h4-7,15H,3,8-12H2,1-2H3,(H,20,22)(H2,18,19,21). The van der Waals surface area contributed by atoms with Crippen LogP contribution in [0.2, 0.25) is 0 Å². The monoisotopic (exact) mass is 302 g/mol. The van der Waals surface area contributed by atoms with Crippen molar-refractivity contribution in [1.82, 2.24) is 16.0 Å². The smallest absolute Gasteiger partial charge is 0.220 e. The minimum atomic E-state index is 0.138.